The summed E-state index contributed by atoms with van der Waals surface area (Å²) < 4.78 is 20.8. The number of nitrogens with zero attached hydrogens (tertiary/aromatic N) is 2. The summed E-state index contributed by atoms with van der Waals surface area (Å²) in [6.45, 7) is 0.702. The van der Waals surface area contributed by atoms with E-state index in [1.54, 1.807) is 23.6 Å². The Hall–Kier alpha value is -2.52. The van der Waals surface area contributed by atoms with Gasteiger partial charge in [0.2, 0.25) is 0 Å². The molecule has 0 saturated carbocycles. The lowest BCUT2D eigenvalue weighted by Gasteiger charge is -2.24. The fraction of sp³-hybridized carbons (Fsp3) is 0.400. The number of carbonyl (C=O) groups excluding carboxylic acids is 3. The third-order valence-electron chi connectivity index (χ3n) is 5.12. The van der Waals surface area contributed by atoms with Crippen LogP contribution in [0.5, 0.6) is 0 Å². The predicted molar refractivity (Wildman–Crippen MR) is 105 cm³/mol. The van der Waals surface area contributed by atoms with Crippen LogP contribution in [0.15, 0.2) is 35.7 Å². The number of fused-ring (bicyclic) bond motifs is 1. The summed E-state index contributed by atoms with van der Waals surface area (Å²) in [5, 5.41) is 3.92. The second kappa shape index (κ2) is 8.46. The van der Waals surface area contributed by atoms with Crippen LogP contribution in [0.4, 0.5) is 9.18 Å². The molecule has 2 atom stereocenters. The highest BCUT2D eigenvalue weighted by Gasteiger charge is 2.49. The molecule has 3 aliphatic rings. The maximum atomic E-state index is 14.1. The van der Waals surface area contributed by atoms with Gasteiger partial charge in [-0.1, -0.05) is 18.2 Å². The van der Waals surface area contributed by atoms with E-state index in [0.717, 1.165) is 17.7 Å². The number of ether oxygens (including phenoxy) is 1. The van der Waals surface area contributed by atoms with E-state index >= 15 is 0 Å². The van der Waals surface area contributed by atoms with Crippen molar-refractivity contribution >= 4 is 35.3 Å². The van der Waals surface area contributed by atoms with Crippen LogP contribution in [0.1, 0.15) is 18.4 Å². The zero-order valence-corrected chi connectivity index (χ0v) is 16.5. The van der Waals surface area contributed by atoms with Gasteiger partial charge in [-0.05, 0) is 30.4 Å². The number of thioether (sulfide) groups is 1. The zero-order chi connectivity index (χ0) is 20.4. The van der Waals surface area contributed by atoms with Crippen molar-refractivity contribution < 1.29 is 28.1 Å². The number of hydrogen-bond acceptors (Lipinski definition) is 5. The lowest BCUT2D eigenvalue weighted by atomic mass is 10.1. The van der Waals surface area contributed by atoms with E-state index in [0.29, 0.717) is 18.9 Å². The van der Waals surface area contributed by atoms with Crippen molar-refractivity contribution in [2.75, 3.05) is 19.7 Å². The highest BCUT2D eigenvalue weighted by atomic mass is 32.2. The second-order valence-corrected chi connectivity index (χ2v) is 8.08. The fourth-order valence-electron chi connectivity index (χ4n) is 3.59. The maximum absolute atomic E-state index is 14.1. The highest BCUT2D eigenvalue weighted by molar-refractivity contribution is 8.04. The van der Waals surface area contributed by atoms with E-state index in [1.807, 2.05) is 0 Å². The molecule has 2 unspecified atom stereocenters. The SMILES string of the molecule is O=C(C[N+]1=C2C=CSC2C(=O)N(Cc2ccccc2F)C1=O)NCC1CCCO1. The van der Waals surface area contributed by atoms with Crippen molar-refractivity contribution in [3.63, 3.8) is 0 Å². The number of urea groups is 1. The van der Waals surface area contributed by atoms with Gasteiger partial charge in [0.15, 0.2) is 11.8 Å². The van der Waals surface area contributed by atoms with Crippen LogP contribution in [0.2, 0.25) is 0 Å². The fourth-order valence-corrected chi connectivity index (χ4v) is 4.55. The molecule has 7 nitrogen and oxygen atoms in total. The Labute approximate surface area is 171 Å². The normalized spacial score (nSPS) is 23.7. The second-order valence-electron chi connectivity index (χ2n) is 7.07. The Morgan fingerprint density at radius 2 is 2.17 bits per heavy atom. The van der Waals surface area contributed by atoms with E-state index in [9.17, 15) is 18.8 Å². The standard InChI is InChI=1S/C20H20FN3O4S/c21-15-6-2-1-4-13(15)11-24-19(26)18-16(7-9-29-18)23(20(24)27)12-17(25)22-10-14-5-3-8-28-14/h1-2,4,6-7,9,14,18H,3,5,8,10-12H2/p+1. The van der Waals surface area contributed by atoms with Crippen LogP contribution < -0.4 is 5.32 Å². The molecule has 4 rings (SSSR count). The number of halogens is 1. The minimum Gasteiger partial charge on any atom is -0.376 e. The molecule has 0 aromatic heterocycles. The summed E-state index contributed by atoms with van der Waals surface area (Å²) in [7, 11) is 0. The van der Waals surface area contributed by atoms with Gasteiger partial charge in [0.25, 0.3) is 5.91 Å². The van der Waals surface area contributed by atoms with Gasteiger partial charge in [-0.3, -0.25) is 4.79 Å². The summed E-state index contributed by atoms with van der Waals surface area (Å²) in [5.74, 6) is -1.22. The molecular weight excluding hydrogens is 397 g/mol. The Kier molecular flexibility index (Phi) is 5.77. The predicted octanol–water partition coefficient (Wildman–Crippen LogP) is 1.67. The van der Waals surface area contributed by atoms with Crippen LogP contribution in [0.3, 0.4) is 0 Å². The number of nitrogens with one attached hydrogen (secondary N) is 1. The minimum absolute atomic E-state index is 0.00234. The molecule has 1 fully saturated rings. The Morgan fingerprint density at radius 3 is 2.93 bits per heavy atom. The maximum Gasteiger partial charge on any atom is 0.501 e. The molecule has 0 bridgehead atoms. The summed E-state index contributed by atoms with van der Waals surface area (Å²) in [6, 6.07) is 5.40. The summed E-state index contributed by atoms with van der Waals surface area (Å²) in [6.07, 6.45) is 3.54. The molecule has 152 valence electrons. The number of amides is 4. The van der Waals surface area contributed by atoms with E-state index in [1.165, 1.54) is 28.5 Å². The van der Waals surface area contributed by atoms with Gasteiger partial charge in [0.05, 0.1) is 6.10 Å². The van der Waals surface area contributed by atoms with Crippen LogP contribution in [0, 0.1) is 5.82 Å². The number of imide groups is 1. The first-order valence-electron chi connectivity index (χ1n) is 9.48. The van der Waals surface area contributed by atoms with Gasteiger partial charge >= 0.3 is 11.9 Å². The van der Waals surface area contributed by atoms with Gasteiger partial charge in [-0.2, -0.15) is 14.3 Å². The van der Waals surface area contributed by atoms with E-state index < -0.39 is 23.0 Å². The van der Waals surface area contributed by atoms with Crippen molar-refractivity contribution in [1.82, 2.24) is 10.2 Å². The smallest absolute Gasteiger partial charge is 0.376 e. The number of benzene rings is 1. The molecule has 1 aromatic carbocycles. The number of hydrogen-bond donors (Lipinski definition) is 1. The lowest BCUT2D eigenvalue weighted by Crippen LogP contribution is -2.56. The molecular formula is C20H21FN3O4S+. The zero-order valence-electron chi connectivity index (χ0n) is 15.7. The van der Waals surface area contributed by atoms with E-state index in [-0.39, 0.29) is 30.7 Å². The van der Waals surface area contributed by atoms with Crippen molar-refractivity contribution in [2.45, 2.75) is 30.7 Å². The Balaban J connectivity index is 1.51. The Bertz CT molecular complexity index is 911. The van der Waals surface area contributed by atoms with E-state index in [2.05, 4.69) is 5.32 Å². The highest BCUT2D eigenvalue weighted by Crippen LogP contribution is 2.28. The average Bonchev–Trinajstić information content (AvgIpc) is 3.40. The molecule has 1 saturated heterocycles. The first kappa shape index (κ1) is 19.8. The third kappa shape index (κ3) is 4.11. The van der Waals surface area contributed by atoms with Crippen LogP contribution in [-0.4, -0.2) is 64.1 Å². The summed E-state index contributed by atoms with van der Waals surface area (Å²) in [5.41, 5.74) is 0.735. The average molecular weight is 418 g/mol. The number of carbonyl (C=O) groups is 3. The molecule has 0 spiro atoms. The summed E-state index contributed by atoms with van der Waals surface area (Å²) >= 11 is 1.27. The molecule has 0 radical (unpaired) electrons. The quantitative estimate of drug-likeness (QED) is 0.711. The third-order valence-corrected chi connectivity index (χ3v) is 6.13. The topological polar surface area (TPSA) is 78.7 Å². The summed E-state index contributed by atoms with van der Waals surface area (Å²) in [4.78, 5) is 39.3. The van der Waals surface area contributed by atoms with Crippen LogP contribution >= 0.6 is 11.8 Å². The first-order chi connectivity index (χ1) is 14.0. The number of allylic oxidation sites excluding steroid dienone is 1. The van der Waals surface area contributed by atoms with Crippen LogP contribution in [-0.2, 0) is 20.9 Å². The van der Waals surface area contributed by atoms with Crippen molar-refractivity contribution in [2.24, 2.45) is 0 Å². The van der Waals surface area contributed by atoms with Crippen LogP contribution in [0.25, 0.3) is 0 Å². The largest absolute Gasteiger partial charge is 0.501 e. The van der Waals surface area contributed by atoms with Crippen molar-refractivity contribution in [1.29, 1.82) is 0 Å². The van der Waals surface area contributed by atoms with Gasteiger partial charge in [0.1, 0.15) is 18.1 Å². The molecule has 1 aromatic rings. The van der Waals surface area contributed by atoms with Gasteiger partial charge in [-0.25, -0.2) is 9.18 Å². The van der Waals surface area contributed by atoms with Crippen molar-refractivity contribution in [3.05, 3.63) is 47.1 Å². The first-order valence-corrected chi connectivity index (χ1v) is 10.4. The number of rotatable bonds is 6. The lowest BCUT2D eigenvalue weighted by molar-refractivity contribution is -0.427. The molecule has 0 aliphatic carbocycles. The molecule has 4 amide bonds. The van der Waals surface area contributed by atoms with Gasteiger partial charge < -0.3 is 10.1 Å². The minimum atomic E-state index is -0.621. The van der Waals surface area contributed by atoms with Gasteiger partial charge in [0, 0.05) is 18.7 Å². The van der Waals surface area contributed by atoms with Gasteiger partial charge in [-0.15, -0.1) is 11.8 Å². The monoisotopic (exact) mass is 418 g/mol. The molecule has 29 heavy (non-hydrogen) atoms. The molecule has 3 heterocycles. The molecule has 9 heteroatoms. The molecule has 1 N–H and O–H groups in total. The Morgan fingerprint density at radius 1 is 1.34 bits per heavy atom. The van der Waals surface area contributed by atoms with E-state index in [4.69, 9.17) is 4.74 Å². The van der Waals surface area contributed by atoms with Crippen molar-refractivity contribution in [3.8, 4) is 0 Å². The molecule has 3 aliphatic heterocycles.